The summed E-state index contributed by atoms with van der Waals surface area (Å²) in [7, 11) is 0. The fourth-order valence-corrected chi connectivity index (χ4v) is 2.67. The Morgan fingerprint density at radius 3 is 2.35 bits per heavy atom. The summed E-state index contributed by atoms with van der Waals surface area (Å²) in [6, 6.07) is 1.92. The number of aryl methyl sites for hydroxylation is 1. The van der Waals surface area contributed by atoms with E-state index >= 15 is 0 Å². The van der Waals surface area contributed by atoms with Crippen LogP contribution >= 0.6 is 11.3 Å². The summed E-state index contributed by atoms with van der Waals surface area (Å²) in [6.45, 7) is 7.44. The van der Waals surface area contributed by atoms with E-state index in [2.05, 4.69) is 15.3 Å². The maximum absolute atomic E-state index is 12.6. The number of amides is 1. The zero-order valence-electron chi connectivity index (χ0n) is 13.1. The molecule has 1 amide bonds. The van der Waals surface area contributed by atoms with E-state index in [4.69, 9.17) is 0 Å². The smallest absolute Gasteiger partial charge is 0.298 e. The van der Waals surface area contributed by atoms with Crippen LogP contribution in [0, 0.1) is 6.92 Å². The van der Waals surface area contributed by atoms with E-state index < -0.39 is 17.8 Å². The predicted molar refractivity (Wildman–Crippen MR) is 82.7 cm³/mol. The molecule has 8 heteroatoms. The molecule has 0 saturated carbocycles. The molecule has 2 aromatic heterocycles. The number of halogens is 3. The van der Waals surface area contributed by atoms with Gasteiger partial charge in [0.15, 0.2) is 5.13 Å². The molecule has 0 aliphatic heterocycles. The maximum Gasteiger partial charge on any atom is 0.433 e. The number of hydrogen-bond donors (Lipinski definition) is 1. The molecule has 2 heterocycles. The number of alkyl halides is 3. The molecule has 0 saturated heterocycles. The number of thiazole rings is 1. The van der Waals surface area contributed by atoms with Gasteiger partial charge in [0.2, 0.25) is 0 Å². The van der Waals surface area contributed by atoms with Crippen LogP contribution in [0.5, 0.6) is 0 Å². The van der Waals surface area contributed by atoms with Gasteiger partial charge >= 0.3 is 6.18 Å². The number of aromatic nitrogens is 2. The third-order valence-electron chi connectivity index (χ3n) is 3.09. The number of nitrogens with zero attached hydrogens (tertiary/aromatic N) is 2. The van der Waals surface area contributed by atoms with Crippen molar-refractivity contribution in [1.82, 2.24) is 9.97 Å². The van der Waals surface area contributed by atoms with Crippen LogP contribution in [0.4, 0.5) is 18.3 Å². The Balaban J connectivity index is 2.20. The van der Waals surface area contributed by atoms with Crippen molar-refractivity contribution < 1.29 is 18.0 Å². The van der Waals surface area contributed by atoms with Crippen molar-refractivity contribution in [2.45, 2.75) is 39.3 Å². The van der Waals surface area contributed by atoms with Gasteiger partial charge in [-0.3, -0.25) is 10.1 Å². The van der Waals surface area contributed by atoms with Crippen molar-refractivity contribution in [3.8, 4) is 0 Å². The summed E-state index contributed by atoms with van der Waals surface area (Å²) in [5.74, 6) is -0.529. The van der Waals surface area contributed by atoms with Crippen LogP contribution in [0.3, 0.4) is 0 Å². The van der Waals surface area contributed by atoms with Gasteiger partial charge in [-0.2, -0.15) is 13.2 Å². The molecule has 0 aliphatic rings. The topological polar surface area (TPSA) is 54.9 Å². The highest BCUT2D eigenvalue weighted by atomic mass is 32.1. The van der Waals surface area contributed by atoms with Crippen LogP contribution in [0.25, 0.3) is 0 Å². The van der Waals surface area contributed by atoms with Crippen molar-refractivity contribution >= 4 is 22.4 Å². The molecule has 1 N–H and O–H groups in total. The number of rotatable bonds is 2. The molecule has 124 valence electrons. The Labute approximate surface area is 135 Å². The monoisotopic (exact) mass is 343 g/mol. The van der Waals surface area contributed by atoms with E-state index in [1.165, 1.54) is 18.3 Å². The van der Waals surface area contributed by atoms with E-state index in [1.54, 1.807) is 6.20 Å². The van der Waals surface area contributed by atoms with Crippen LogP contribution in [0.1, 0.15) is 47.4 Å². The van der Waals surface area contributed by atoms with Crippen LogP contribution in [0.15, 0.2) is 18.3 Å². The lowest BCUT2D eigenvalue weighted by Crippen LogP contribution is -2.16. The zero-order valence-corrected chi connectivity index (χ0v) is 13.9. The molecule has 0 unspecified atom stereocenters. The highest BCUT2D eigenvalue weighted by molar-refractivity contribution is 7.15. The highest BCUT2D eigenvalue weighted by Crippen LogP contribution is 2.31. The minimum absolute atomic E-state index is 0.0184. The number of carbonyl (C=O) groups is 1. The molecule has 2 rings (SSSR count). The third-order valence-corrected chi connectivity index (χ3v) is 4.42. The number of nitrogens with one attached hydrogen (secondary N) is 1. The second kappa shape index (κ2) is 5.92. The van der Waals surface area contributed by atoms with Crippen LogP contribution in [-0.4, -0.2) is 15.9 Å². The standard InChI is InChI=1S/C15H16F3N3OS/c1-8-9(5-6-10(20-8)15(16,17)18)12(22)21-13-19-7-11(23-13)14(2,3)4/h5-7H,1-4H3,(H,19,21,22). The first-order valence-electron chi connectivity index (χ1n) is 6.81. The van der Waals surface area contributed by atoms with Crippen LogP contribution in [-0.2, 0) is 11.6 Å². The first-order chi connectivity index (χ1) is 10.5. The number of carbonyl (C=O) groups excluding carboxylic acids is 1. The molecule has 0 aromatic carbocycles. The second-order valence-electron chi connectivity index (χ2n) is 6.06. The molecule has 2 aromatic rings. The van der Waals surface area contributed by atoms with Gasteiger partial charge < -0.3 is 0 Å². The van der Waals surface area contributed by atoms with Crippen molar-refractivity contribution in [1.29, 1.82) is 0 Å². The van der Waals surface area contributed by atoms with Gasteiger partial charge in [0, 0.05) is 11.1 Å². The van der Waals surface area contributed by atoms with Gasteiger partial charge in [0.1, 0.15) is 5.69 Å². The largest absolute Gasteiger partial charge is 0.433 e. The van der Waals surface area contributed by atoms with E-state index in [-0.39, 0.29) is 16.7 Å². The second-order valence-corrected chi connectivity index (χ2v) is 7.09. The summed E-state index contributed by atoms with van der Waals surface area (Å²) >= 11 is 1.33. The van der Waals surface area contributed by atoms with Crippen molar-refractivity contribution in [3.63, 3.8) is 0 Å². The lowest BCUT2D eigenvalue weighted by molar-refractivity contribution is -0.141. The number of pyridine rings is 1. The first kappa shape index (κ1) is 17.4. The van der Waals surface area contributed by atoms with E-state index in [1.807, 2.05) is 20.8 Å². The average molecular weight is 343 g/mol. The SMILES string of the molecule is Cc1nc(C(F)(F)F)ccc1C(=O)Nc1ncc(C(C)(C)C)s1. The molecular weight excluding hydrogens is 327 g/mol. The first-order valence-corrected chi connectivity index (χ1v) is 7.62. The Bertz CT molecular complexity index is 732. The van der Waals surface area contributed by atoms with Gasteiger partial charge in [-0.25, -0.2) is 9.97 Å². The van der Waals surface area contributed by atoms with Crippen LogP contribution < -0.4 is 5.32 Å². The highest BCUT2D eigenvalue weighted by Gasteiger charge is 2.33. The summed E-state index contributed by atoms with van der Waals surface area (Å²) in [6.07, 6.45) is -2.85. The fraction of sp³-hybridized carbons (Fsp3) is 0.400. The lowest BCUT2D eigenvalue weighted by atomic mass is 9.96. The normalized spacial score (nSPS) is 12.3. The Morgan fingerprint density at radius 1 is 1.22 bits per heavy atom. The minimum atomic E-state index is -4.53. The van der Waals surface area contributed by atoms with E-state index in [0.717, 1.165) is 17.0 Å². The average Bonchev–Trinajstić information content (AvgIpc) is 2.85. The van der Waals surface area contributed by atoms with Gasteiger partial charge in [-0.1, -0.05) is 20.8 Å². The molecule has 0 fully saturated rings. The molecule has 0 atom stereocenters. The fourth-order valence-electron chi connectivity index (χ4n) is 1.80. The molecule has 0 bridgehead atoms. The predicted octanol–water partition coefficient (Wildman–Crippen LogP) is 4.42. The van der Waals surface area contributed by atoms with Crippen molar-refractivity contribution in [2.24, 2.45) is 0 Å². The Hall–Kier alpha value is -1.96. The summed E-state index contributed by atoms with van der Waals surface area (Å²) in [5, 5.41) is 3.00. The summed E-state index contributed by atoms with van der Waals surface area (Å²) in [5.41, 5.74) is -1.00. The van der Waals surface area contributed by atoms with Gasteiger partial charge in [0.05, 0.1) is 11.3 Å². The van der Waals surface area contributed by atoms with E-state index in [9.17, 15) is 18.0 Å². The maximum atomic E-state index is 12.6. The summed E-state index contributed by atoms with van der Waals surface area (Å²) < 4.78 is 37.8. The minimum Gasteiger partial charge on any atom is -0.298 e. The quantitative estimate of drug-likeness (QED) is 0.878. The van der Waals surface area contributed by atoms with Gasteiger partial charge in [-0.05, 0) is 24.5 Å². The summed E-state index contributed by atoms with van der Waals surface area (Å²) in [4.78, 5) is 20.8. The molecule has 0 aliphatic carbocycles. The number of hydrogen-bond acceptors (Lipinski definition) is 4. The van der Waals surface area contributed by atoms with Crippen LogP contribution in [0.2, 0.25) is 0 Å². The molecule has 0 spiro atoms. The molecule has 23 heavy (non-hydrogen) atoms. The Morgan fingerprint density at radius 2 is 1.87 bits per heavy atom. The number of anilines is 1. The lowest BCUT2D eigenvalue weighted by Gasteiger charge is -2.14. The Kier molecular flexibility index (Phi) is 4.48. The third kappa shape index (κ3) is 4.07. The molecule has 4 nitrogen and oxygen atoms in total. The zero-order chi connectivity index (χ0) is 17.4. The van der Waals surface area contributed by atoms with Gasteiger partial charge in [-0.15, -0.1) is 11.3 Å². The van der Waals surface area contributed by atoms with Crippen molar-refractivity contribution in [2.75, 3.05) is 5.32 Å². The van der Waals surface area contributed by atoms with E-state index in [0.29, 0.717) is 5.13 Å². The van der Waals surface area contributed by atoms with Crippen molar-refractivity contribution in [3.05, 3.63) is 40.2 Å². The van der Waals surface area contributed by atoms with Gasteiger partial charge in [0.25, 0.3) is 5.91 Å². The molecule has 0 radical (unpaired) electrons. The molecular formula is C15H16F3N3OS.